The Kier molecular flexibility index (Phi) is 4.76. The monoisotopic (exact) mass is 315 g/mol. The van der Waals surface area contributed by atoms with Crippen molar-refractivity contribution in [2.75, 3.05) is 19.8 Å². The molecule has 2 rings (SSSR count). The lowest BCUT2D eigenvalue weighted by Crippen LogP contribution is -2.36. The van der Waals surface area contributed by atoms with Crippen LogP contribution in [0.3, 0.4) is 0 Å². The lowest BCUT2D eigenvalue weighted by atomic mass is 9.82. The minimum absolute atomic E-state index is 0.202. The Morgan fingerprint density at radius 1 is 1.39 bits per heavy atom. The summed E-state index contributed by atoms with van der Waals surface area (Å²) in [5, 5.41) is 3.43. The van der Waals surface area contributed by atoms with Gasteiger partial charge in [-0.1, -0.05) is 19.1 Å². The van der Waals surface area contributed by atoms with E-state index in [9.17, 15) is 4.39 Å². The third-order valence-electron chi connectivity index (χ3n) is 3.60. The first kappa shape index (κ1) is 14.0. The van der Waals surface area contributed by atoms with Gasteiger partial charge in [0.15, 0.2) is 0 Å². The van der Waals surface area contributed by atoms with Crippen molar-refractivity contribution in [2.24, 2.45) is 5.41 Å². The molecule has 2 nitrogen and oxygen atoms in total. The summed E-state index contributed by atoms with van der Waals surface area (Å²) in [4.78, 5) is 0. The van der Waals surface area contributed by atoms with Gasteiger partial charge in [0.05, 0.1) is 4.47 Å². The molecule has 1 saturated heterocycles. The second-order valence-electron chi connectivity index (χ2n) is 5.24. The molecule has 0 atom stereocenters. The van der Waals surface area contributed by atoms with Crippen molar-refractivity contribution in [2.45, 2.75) is 26.3 Å². The first-order chi connectivity index (χ1) is 8.61. The fraction of sp³-hybridized carbons (Fsp3) is 0.571. The zero-order valence-corrected chi connectivity index (χ0v) is 12.2. The first-order valence-electron chi connectivity index (χ1n) is 6.32. The maximum atomic E-state index is 13.3. The normalized spacial score (nSPS) is 18.8. The van der Waals surface area contributed by atoms with Crippen LogP contribution in [0.25, 0.3) is 0 Å². The molecule has 18 heavy (non-hydrogen) atoms. The van der Waals surface area contributed by atoms with Gasteiger partial charge in [-0.05, 0) is 45.8 Å². The summed E-state index contributed by atoms with van der Waals surface area (Å²) in [6.45, 7) is 5.61. The fourth-order valence-corrected chi connectivity index (χ4v) is 2.63. The van der Waals surface area contributed by atoms with Crippen molar-refractivity contribution >= 4 is 15.9 Å². The highest BCUT2D eigenvalue weighted by molar-refractivity contribution is 9.10. The summed E-state index contributed by atoms with van der Waals surface area (Å²) in [7, 11) is 0. The molecular formula is C14H19BrFNO. The molecule has 0 spiro atoms. The largest absolute Gasteiger partial charge is 0.381 e. The molecule has 1 aromatic carbocycles. The number of rotatable bonds is 4. The molecule has 0 amide bonds. The summed E-state index contributed by atoms with van der Waals surface area (Å²) >= 11 is 3.28. The van der Waals surface area contributed by atoms with Gasteiger partial charge in [-0.2, -0.15) is 0 Å². The summed E-state index contributed by atoms with van der Waals surface area (Å²) in [5.41, 5.74) is 1.27. The van der Waals surface area contributed by atoms with Crippen molar-refractivity contribution in [3.63, 3.8) is 0 Å². The van der Waals surface area contributed by atoms with Gasteiger partial charge in [0, 0.05) is 26.3 Å². The number of halogens is 2. The summed E-state index contributed by atoms with van der Waals surface area (Å²) in [5.74, 6) is -0.202. The minimum atomic E-state index is -0.202. The van der Waals surface area contributed by atoms with Crippen LogP contribution >= 0.6 is 15.9 Å². The highest BCUT2D eigenvalue weighted by Crippen LogP contribution is 2.29. The summed E-state index contributed by atoms with van der Waals surface area (Å²) in [6.07, 6.45) is 2.18. The van der Waals surface area contributed by atoms with Crippen molar-refractivity contribution in [3.05, 3.63) is 34.1 Å². The highest BCUT2D eigenvalue weighted by Gasteiger charge is 2.26. The van der Waals surface area contributed by atoms with Gasteiger partial charge >= 0.3 is 0 Å². The van der Waals surface area contributed by atoms with Crippen LogP contribution in [0.15, 0.2) is 22.7 Å². The number of hydrogen-bond donors (Lipinski definition) is 1. The average Bonchev–Trinajstić information content (AvgIpc) is 2.35. The standard InChI is InChI=1S/C14H19BrFNO/c1-14(5-7-18-8-6-14)10-17-9-11-3-2-4-12(16)13(11)15/h2-4,17H,5-10H2,1H3. The minimum Gasteiger partial charge on any atom is -0.381 e. The van der Waals surface area contributed by atoms with E-state index < -0.39 is 0 Å². The van der Waals surface area contributed by atoms with Crippen molar-refractivity contribution in [1.29, 1.82) is 0 Å². The molecule has 0 aliphatic carbocycles. The second-order valence-corrected chi connectivity index (χ2v) is 6.03. The molecule has 0 aromatic heterocycles. The number of ether oxygens (including phenoxy) is 1. The number of benzene rings is 1. The highest BCUT2D eigenvalue weighted by atomic mass is 79.9. The van der Waals surface area contributed by atoms with Gasteiger partial charge in [-0.25, -0.2) is 4.39 Å². The molecule has 4 heteroatoms. The fourth-order valence-electron chi connectivity index (χ4n) is 2.22. The van der Waals surface area contributed by atoms with Crippen LogP contribution in [0.5, 0.6) is 0 Å². The molecule has 1 aromatic rings. The van der Waals surface area contributed by atoms with E-state index in [2.05, 4.69) is 28.2 Å². The van der Waals surface area contributed by atoms with Crippen molar-refractivity contribution < 1.29 is 9.13 Å². The van der Waals surface area contributed by atoms with Gasteiger partial charge < -0.3 is 10.1 Å². The van der Waals surface area contributed by atoms with Gasteiger partial charge in [-0.15, -0.1) is 0 Å². The van der Waals surface area contributed by atoms with Crippen LogP contribution in [-0.4, -0.2) is 19.8 Å². The molecule has 1 fully saturated rings. The predicted molar refractivity (Wildman–Crippen MR) is 74.0 cm³/mol. The molecule has 1 heterocycles. The zero-order chi connectivity index (χ0) is 13.0. The molecule has 0 saturated carbocycles. The van der Waals surface area contributed by atoms with Crippen LogP contribution in [0.2, 0.25) is 0 Å². The van der Waals surface area contributed by atoms with E-state index in [1.807, 2.05) is 6.07 Å². The molecule has 1 N–H and O–H groups in total. The molecule has 1 aliphatic rings. The van der Waals surface area contributed by atoms with E-state index in [0.717, 1.165) is 38.2 Å². The van der Waals surface area contributed by atoms with Gasteiger partial charge in [0.25, 0.3) is 0 Å². The van der Waals surface area contributed by atoms with E-state index in [-0.39, 0.29) is 5.82 Å². The van der Waals surface area contributed by atoms with Crippen LogP contribution < -0.4 is 5.32 Å². The Morgan fingerprint density at radius 2 is 2.11 bits per heavy atom. The number of hydrogen-bond acceptors (Lipinski definition) is 2. The second kappa shape index (κ2) is 6.13. The van der Waals surface area contributed by atoms with Crippen LogP contribution in [0, 0.1) is 11.2 Å². The zero-order valence-electron chi connectivity index (χ0n) is 10.6. The van der Waals surface area contributed by atoms with Crippen LogP contribution in [-0.2, 0) is 11.3 Å². The predicted octanol–water partition coefficient (Wildman–Crippen LogP) is 3.49. The molecule has 0 radical (unpaired) electrons. The van der Waals surface area contributed by atoms with Gasteiger partial charge in [0.2, 0.25) is 0 Å². The SMILES string of the molecule is CC1(CNCc2cccc(F)c2Br)CCOCC1. The average molecular weight is 316 g/mol. The molecule has 1 aliphatic heterocycles. The Bertz CT molecular complexity index is 405. The molecule has 100 valence electrons. The Balaban J connectivity index is 1.86. The van der Waals surface area contributed by atoms with Crippen molar-refractivity contribution in [3.8, 4) is 0 Å². The van der Waals surface area contributed by atoms with E-state index in [1.54, 1.807) is 6.07 Å². The molecule has 0 unspecified atom stereocenters. The van der Waals surface area contributed by atoms with Crippen molar-refractivity contribution in [1.82, 2.24) is 5.32 Å². The smallest absolute Gasteiger partial charge is 0.137 e. The quantitative estimate of drug-likeness (QED) is 0.918. The van der Waals surface area contributed by atoms with Gasteiger partial charge in [0.1, 0.15) is 5.82 Å². The maximum absolute atomic E-state index is 13.3. The van der Waals surface area contributed by atoms with E-state index >= 15 is 0 Å². The summed E-state index contributed by atoms with van der Waals surface area (Å²) in [6, 6.07) is 5.15. The topological polar surface area (TPSA) is 21.3 Å². The van der Waals surface area contributed by atoms with E-state index in [1.165, 1.54) is 6.07 Å². The lowest BCUT2D eigenvalue weighted by Gasteiger charge is -2.33. The Hall–Kier alpha value is -0.450. The lowest BCUT2D eigenvalue weighted by molar-refractivity contribution is 0.0240. The first-order valence-corrected chi connectivity index (χ1v) is 7.11. The Morgan fingerprint density at radius 3 is 2.83 bits per heavy atom. The Labute approximate surface area is 116 Å². The maximum Gasteiger partial charge on any atom is 0.137 e. The summed E-state index contributed by atoms with van der Waals surface area (Å²) < 4.78 is 19.3. The van der Waals surface area contributed by atoms with Crippen LogP contribution in [0.1, 0.15) is 25.3 Å². The van der Waals surface area contributed by atoms with E-state index in [4.69, 9.17) is 4.74 Å². The van der Waals surface area contributed by atoms with Gasteiger partial charge in [-0.3, -0.25) is 0 Å². The van der Waals surface area contributed by atoms with Crippen LogP contribution in [0.4, 0.5) is 4.39 Å². The number of nitrogens with one attached hydrogen (secondary N) is 1. The molecule has 0 bridgehead atoms. The van der Waals surface area contributed by atoms with E-state index in [0.29, 0.717) is 16.4 Å². The third-order valence-corrected chi connectivity index (χ3v) is 4.49. The molecular weight excluding hydrogens is 297 g/mol. The third kappa shape index (κ3) is 3.53.